The smallest absolute Gasteiger partial charge is 0.410 e. The molecule has 0 spiro atoms. The van der Waals surface area contributed by atoms with Gasteiger partial charge in [0.05, 0.1) is 37.0 Å². The highest BCUT2D eigenvalue weighted by Crippen LogP contribution is 2.27. The van der Waals surface area contributed by atoms with Gasteiger partial charge in [0.1, 0.15) is 10.6 Å². The summed E-state index contributed by atoms with van der Waals surface area (Å²) >= 11 is 1.66. The molecule has 0 saturated carbocycles. The first-order valence-corrected chi connectivity index (χ1v) is 10.3. The summed E-state index contributed by atoms with van der Waals surface area (Å²) in [5.74, 6) is 0. The van der Waals surface area contributed by atoms with Gasteiger partial charge in [-0.15, -0.1) is 11.3 Å². The highest BCUT2D eigenvalue weighted by molar-refractivity contribution is 7.11. The van der Waals surface area contributed by atoms with Crippen LogP contribution in [0.15, 0.2) is 6.20 Å². The minimum Gasteiger partial charge on any atom is -0.444 e. The van der Waals surface area contributed by atoms with E-state index in [4.69, 9.17) is 14.2 Å². The number of likely N-dealkylation sites (tertiary alicyclic amines) is 1. The Morgan fingerprint density at radius 1 is 1.15 bits per heavy atom. The molecule has 1 fully saturated rings. The molecule has 1 saturated heterocycles. The van der Waals surface area contributed by atoms with Crippen molar-refractivity contribution in [3.8, 4) is 0 Å². The van der Waals surface area contributed by atoms with E-state index in [1.165, 1.54) is 4.88 Å². The molecule has 1 aliphatic heterocycles. The van der Waals surface area contributed by atoms with Gasteiger partial charge in [0.15, 0.2) is 0 Å². The van der Waals surface area contributed by atoms with Crippen LogP contribution in [-0.2, 0) is 27.2 Å². The van der Waals surface area contributed by atoms with Crippen LogP contribution in [0.2, 0.25) is 0 Å². The van der Waals surface area contributed by atoms with Crippen molar-refractivity contribution < 1.29 is 19.0 Å². The number of ether oxygens (including phenoxy) is 3. The number of nitrogens with zero attached hydrogens (tertiary/aromatic N) is 2. The van der Waals surface area contributed by atoms with Crippen molar-refractivity contribution in [1.29, 1.82) is 0 Å². The molecule has 0 radical (unpaired) electrons. The molecular weight excluding hydrogens is 364 g/mol. The minimum absolute atomic E-state index is 0.0455. The Kier molecular flexibility index (Phi) is 6.59. The van der Waals surface area contributed by atoms with Gasteiger partial charge < -0.3 is 19.1 Å². The maximum Gasteiger partial charge on any atom is 0.410 e. The number of rotatable bonds is 6. The predicted octanol–water partition coefficient (Wildman–Crippen LogP) is 4.42. The fourth-order valence-corrected chi connectivity index (χ4v) is 3.73. The van der Waals surface area contributed by atoms with Crippen molar-refractivity contribution in [2.75, 3.05) is 13.1 Å². The molecule has 1 aliphatic rings. The highest BCUT2D eigenvalue weighted by atomic mass is 32.1. The standard InChI is InChI=1S/C20H34N2O4S/c1-18(2,3)24-13-16-21-10-15(27-16)9-20(7,8)25-14-11-22(12-14)17(23)26-19(4,5)6/h10,14H,9,11-13H2,1-8H3. The Labute approximate surface area is 167 Å². The quantitative estimate of drug-likeness (QED) is 0.710. The van der Waals surface area contributed by atoms with E-state index in [1.54, 1.807) is 16.2 Å². The largest absolute Gasteiger partial charge is 0.444 e. The fraction of sp³-hybridized carbons (Fsp3) is 0.800. The van der Waals surface area contributed by atoms with Gasteiger partial charge in [0.2, 0.25) is 0 Å². The molecule has 7 heteroatoms. The van der Waals surface area contributed by atoms with Gasteiger partial charge in [-0.25, -0.2) is 9.78 Å². The third-order valence-electron chi connectivity index (χ3n) is 3.82. The lowest BCUT2D eigenvalue weighted by Crippen LogP contribution is -2.58. The van der Waals surface area contributed by atoms with Crippen molar-refractivity contribution in [2.24, 2.45) is 0 Å². The van der Waals surface area contributed by atoms with Gasteiger partial charge in [-0.1, -0.05) is 0 Å². The Bertz CT molecular complexity index is 637. The van der Waals surface area contributed by atoms with E-state index in [-0.39, 0.29) is 23.4 Å². The SMILES string of the molecule is CC(C)(C)OCc1ncc(CC(C)(C)OC2CN(C(=O)OC(C)(C)C)C2)s1. The molecule has 1 aromatic heterocycles. The second-order valence-corrected chi connectivity index (χ2v) is 10.9. The first-order valence-electron chi connectivity index (χ1n) is 9.46. The molecule has 2 rings (SSSR count). The van der Waals surface area contributed by atoms with E-state index in [2.05, 4.69) is 18.8 Å². The van der Waals surface area contributed by atoms with Crippen LogP contribution in [0.25, 0.3) is 0 Å². The van der Waals surface area contributed by atoms with Crippen LogP contribution in [0.1, 0.15) is 65.3 Å². The molecule has 154 valence electrons. The normalized spacial score (nSPS) is 16.4. The van der Waals surface area contributed by atoms with Crippen LogP contribution in [-0.4, -0.2) is 52.0 Å². The molecule has 1 amide bonds. The predicted molar refractivity (Wildman–Crippen MR) is 107 cm³/mol. The van der Waals surface area contributed by atoms with Crippen LogP contribution < -0.4 is 0 Å². The lowest BCUT2D eigenvalue weighted by atomic mass is 10.0. The second-order valence-electron chi connectivity index (χ2n) is 9.68. The number of amides is 1. The van der Waals surface area contributed by atoms with E-state index < -0.39 is 5.60 Å². The maximum absolute atomic E-state index is 12.0. The van der Waals surface area contributed by atoms with Crippen LogP contribution in [0.3, 0.4) is 0 Å². The Hall–Kier alpha value is -1.18. The number of hydrogen-bond donors (Lipinski definition) is 0. The lowest BCUT2D eigenvalue weighted by Gasteiger charge is -2.43. The van der Waals surface area contributed by atoms with Crippen molar-refractivity contribution in [3.05, 3.63) is 16.1 Å². The number of aromatic nitrogens is 1. The van der Waals surface area contributed by atoms with E-state index in [9.17, 15) is 4.79 Å². The molecule has 27 heavy (non-hydrogen) atoms. The van der Waals surface area contributed by atoms with Crippen LogP contribution in [0.5, 0.6) is 0 Å². The van der Waals surface area contributed by atoms with Gasteiger partial charge in [-0.2, -0.15) is 0 Å². The number of hydrogen-bond acceptors (Lipinski definition) is 6. The average Bonchev–Trinajstić information content (AvgIpc) is 2.84. The first kappa shape index (κ1) is 22.1. The molecule has 0 bridgehead atoms. The summed E-state index contributed by atoms with van der Waals surface area (Å²) in [7, 11) is 0. The highest BCUT2D eigenvalue weighted by Gasteiger charge is 2.37. The first-order chi connectivity index (χ1) is 12.2. The van der Waals surface area contributed by atoms with Crippen LogP contribution >= 0.6 is 11.3 Å². The summed E-state index contributed by atoms with van der Waals surface area (Å²) in [5, 5.41) is 0.982. The van der Waals surface area contributed by atoms with Gasteiger partial charge in [-0.3, -0.25) is 0 Å². The topological polar surface area (TPSA) is 60.9 Å². The lowest BCUT2D eigenvalue weighted by molar-refractivity contribution is -0.128. The van der Waals surface area contributed by atoms with Crippen molar-refractivity contribution in [2.45, 2.75) is 91.3 Å². The molecule has 2 heterocycles. The zero-order chi connectivity index (χ0) is 20.5. The molecule has 0 aromatic carbocycles. The van der Waals surface area contributed by atoms with Gasteiger partial charge >= 0.3 is 6.09 Å². The number of carbonyl (C=O) groups excluding carboxylic acids is 1. The van der Waals surface area contributed by atoms with Crippen LogP contribution in [0, 0.1) is 0 Å². The fourth-order valence-electron chi connectivity index (χ4n) is 2.68. The van der Waals surface area contributed by atoms with Crippen molar-refractivity contribution in [1.82, 2.24) is 9.88 Å². The van der Waals surface area contributed by atoms with Gasteiger partial charge in [0, 0.05) is 17.5 Å². The molecule has 0 N–H and O–H groups in total. The van der Waals surface area contributed by atoms with E-state index in [0.29, 0.717) is 19.7 Å². The summed E-state index contributed by atoms with van der Waals surface area (Å²) in [4.78, 5) is 19.3. The summed E-state index contributed by atoms with van der Waals surface area (Å²) in [6.45, 7) is 17.6. The number of carbonyl (C=O) groups is 1. The molecule has 0 atom stereocenters. The molecular formula is C20H34N2O4S. The van der Waals surface area contributed by atoms with E-state index in [1.807, 2.05) is 47.7 Å². The Morgan fingerprint density at radius 2 is 1.78 bits per heavy atom. The molecule has 1 aromatic rings. The van der Waals surface area contributed by atoms with Gasteiger partial charge in [0.25, 0.3) is 0 Å². The minimum atomic E-state index is -0.469. The summed E-state index contributed by atoms with van der Waals surface area (Å²) in [6.07, 6.45) is 2.46. The summed E-state index contributed by atoms with van der Waals surface area (Å²) in [6, 6.07) is 0. The van der Waals surface area contributed by atoms with Crippen molar-refractivity contribution >= 4 is 17.4 Å². The zero-order valence-electron chi connectivity index (χ0n) is 17.9. The molecule has 6 nitrogen and oxygen atoms in total. The van der Waals surface area contributed by atoms with E-state index in [0.717, 1.165) is 11.4 Å². The zero-order valence-corrected chi connectivity index (χ0v) is 18.7. The van der Waals surface area contributed by atoms with Crippen LogP contribution in [0.4, 0.5) is 4.79 Å². The maximum atomic E-state index is 12.0. The second kappa shape index (κ2) is 8.05. The summed E-state index contributed by atoms with van der Waals surface area (Å²) in [5.41, 5.74) is -0.958. The summed E-state index contributed by atoms with van der Waals surface area (Å²) < 4.78 is 17.4. The number of thiazole rings is 1. The monoisotopic (exact) mass is 398 g/mol. The molecule has 0 aliphatic carbocycles. The van der Waals surface area contributed by atoms with Gasteiger partial charge in [-0.05, 0) is 55.4 Å². The third-order valence-corrected chi connectivity index (χ3v) is 4.79. The van der Waals surface area contributed by atoms with Crippen molar-refractivity contribution in [3.63, 3.8) is 0 Å². The average molecular weight is 399 g/mol. The molecule has 0 unspecified atom stereocenters. The Balaban J connectivity index is 1.78. The van der Waals surface area contributed by atoms with E-state index >= 15 is 0 Å². The third kappa shape index (κ3) is 7.76. The Morgan fingerprint density at radius 3 is 2.33 bits per heavy atom.